The molecule has 4 rings (SSSR count). The Morgan fingerprint density at radius 2 is 1.84 bits per heavy atom. The highest BCUT2D eigenvalue weighted by Gasteiger charge is 2.34. The first-order valence-corrected chi connectivity index (χ1v) is 10.7. The predicted molar refractivity (Wildman–Crippen MR) is 121 cm³/mol. The quantitative estimate of drug-likeness (QED) is 0.471. The molecule has 1 amide bonds. The van der Waals surface area contributed by atoms with Crippen molar-refractivity contribution in [3.05, 3.63) is 100.0 Å². The molecule has 1 heterocycles. The van der Waals surface area contributed by atoms with Crippen LogP contribution >= 0.6 is 0 Å². The molecular weight excluding hydrogens is 412 g/mol. The molecule has 0 radical (unpaired) electrons. The summed E-state index contributed by atoms with van der Waals surface area (Å²) in [7, 11) is 1.60. The summed E-state index contributed by atoms with van der Waals surface area (Å²) < 4.78 is 20.5. The van der Waals surface area contributed by atoms with Crippen LogP contribution in [0.4, 0.5) is 5.69 Å². The number of fused-ring (bicyclic) bond motifs is 1. The fraction of sp³-hybridized carbons (Fsp3) is 0.0833. The van der Waals surface area contributed by atoms with Gasteiger partial charge < -0.3 is 14.6 Å². The van der Waals surface area contributed by atoms with E-state index in [0.717, 1.165) is 16.9 Å². The van der Waals surface area contributed by atoms with Crippen LogP contribution in [0.5, 0.6) is 5.75 Å². The average Bonchev–Trinajstić information content (AvgIpc) is 2.81. The minimum atomic E-state index is -1.67. The number of methoxy groups -OCH3 is 1. The van der Waals surface area contributed by atoms with E-state index in [2.05, 4.69) is 10.0 Å². The van der Waals surface area contributed by atoms with Gasteiger partial charge in [0.1, 0.15) is 17.1 Å². The zero-order valence-electron chi connectivity index (χ0n) is 16.8. The summed E-state index contributed by atoms with van der Waals surface area (Å²) in [5.74, 6) is 0.0833. The number of amides is 1. The van der Waals surface area contributed by atoms with Crippen LogP contribution in [0.25, 0.3) is 6.08 Å². The third kappa shape index (κ3) is 4.63. The van der Waals surface area contributed by atoms with E-state index in [4.69, 9.17) is 4.74 Å². The zero-order valence-corrected chi connectivity index (χ0v) is 17.6. The molecule has 0 spiro atoms. The lowest BCUT2D eigenvalue weighted by atomic mass is 10.0. The number of benzene rings is 3. The van der Waals surface area contributed by atoms with E-state index in [1.807, 2.05) is 54.6 Å². The van der Waals surface area contributed by atoms with Crippen LogP contribution in [0.1, 0.15) is 31.8 Å². The van der Waals surface area contributed by atoms with Crippen molar-refractivity contribution in [1.29, 1.82) is 0 Å². The number of carbonyl (C=O) groups is 2. The summed E-state index contributed by atoms with van der Waals surface area (Å²) in [5.41, 5.74) is 2.82. The van der Waals surface area contributed by atoms with Gasteiger partial charge >= 0.3 is 0 Å². The Morgan fingerprint density at radius 1 is 1.10 bits per heavy atom. The molecule has 31 heavy (non-hydrogen) atoms. The fourth-order valence-electron chi connectivity index (χ4n) is 3.18. The first-order chi connectivity index (χ1) is 15.0. The van der Waals surface area contributed by atoms with Crippen molar-refractivity contribution in [1.82, 2.24) is 5.32 Å². The number of hydrogen-bond donors (Lipinski definition) is 2. The van der Waals surface area contributed by atoms with Crippen LogP contribution in [-0.4, -0.2) is 23.4 Å². The van der Waals surface area contributed by atoms with E-state index < -0.39 is 11.4 Å². The van der Waals surface area contributed by atoms with Gasteiger partial charge in [0.05, 0.1) is 18.4 Å². The number of nitrogens with one attached hydrogen (secondary N) is 2. The molecule has 1 aliphatic rings. The molecule has 6 nitrogen and oxygen atoms in total. The highest BCUT2D eigenvalue weighted by molar-refractivity contribution is 7.97. The number of hydrogen-bond acceptors (Lipinski definition) is 5. The Kier molecular flexibility index (Phi) is 6.06. The number of rotatable bonds is 5. The molecular formula is C24H20N2O4S. The van der Waals surface area contributed by atoms with Crippen LogP contribution in [0, 0.1) is 0 Å². The van der Waals surface area contributed by atoms with Gasteiger partial charge in [0, 0.05) is 18.2 Å². The van der Waals surface area contributed by atoms with Crippen LogP contribution in [0.2, 0.25) is 0 Å². The minimum Gasteiger partial charge on any atom is -0.588 e. The van der Waals surface area contributed by atoms with Crippen molar-refractivity contribution < 1.29 is 18.9 Å². The number of carbonyl (C=O) groups excluding carboxylic acids is 2. The molecule has 1 unspecified atom stereocenters. The molecule has 3 aromatic carbocycles. The monoisotopic (exact) mass is 432 g/mol. The maximum Gasteiger partial charge on any atom is 0.251 e. The van der Waals surface area contributed by atoms with Crippen molar-refractivity contribution in [3.63, 3.8) is 0 Å². The van der Waals surface area contributed by atoms with Gasteiger partial charge in [-0.25, -0.2) is 4.72 Å². The van der Waals surface area contributed by atoms with Gasteiger partial charge in [0.2, 0.25) is 10.7 Å². The van der Waals surface area contributed by atoms with Crippen molar-refractivity contribution in [2.24, 2.45) is 0 Å². The number of allylic oxidation sites excluding steroid dienone is 1. The molecule has 0 fully saturated rings. The van der Waals surface area contributed by atoms with E-state index in [9.17, 15) is 14.1 Å². The SMILES string of the molecule is COc1ccc(CNC(=O)c2ccc3c(c2)C(=O)/C(=C/c2ccccc2)[S+]([O-])N3)cc1. The molecule has 2 N–H and O–H groups in total. The smallest absolute Gasteiger partial charge is 0.251 e. The lowest BCUT2D eigenvalue weighted by Gasteiger charge is -2.21. The van der Waals surface area contributed by atoms with Crippen LogP contribution in [-0.2, 0) is 17.9 Å². The summed E-state index contributed by atoms with van der Waals surface area (Å²) >= 11 is -1.67. The van der Waals surface area contributed by atoms with Gasteiger partial charge in [-0.1, -0.05) is 42.5 Å². The molecule has 0 aromatic heterocycles. The van der Waals surface area contributed by atoms with E-state index in [1.165, 1.54) is 6.07 Å². The second-order valence-electron chi connectivity index (χ2n) is 6.91. The average molecular weight is 433 g/mol. The van der Waals surface area contributed by atoms with Crippen molar-refractivity contribution in [3.8, 4) is 5.75 Å². The van der Waals surface area contributed by atoms with Gasteiger partial charge in [0.25, 0.3) is 5.91 Å². The van der Waals surface area contributed by atoms with Gasteiger partial charge in [-0.05, 0) is 41.5 Å². The standard InChI is InChI=1S/C24H20N2O4S/c1-30-19-10-7-17(8-11-19)15-25-24(28)18-9-12-21-20(14-18)23(27)22(31(29)26-21)13-16-5-3-2-4-6-16/h2-14,26H,15H2,1H3,(H,25,28)/b22-13-. The molecule has 156 valence electrons. The molecule has 0 aliphatic carbocycles. The highest BCUT2D eigenvalue weighted by atomic mass is 32.2. The summed E-state index contributed by atoms with van der Waals surface area (Å²) in [6.07, 6.45) is 1.60. The molecule has 1 aliphatic heterocycles. The molecule has 0 saturated heterocycles. The normalized spacial score (nSPS) is 16.4. The summed E-state index contributed by atoms with van der Waals surface area (Å²) in [6, 6.07) is 21.3. The van der Waals surface area contributed by atoms with Crippen LogP contribution < -0.4 is 14.8 Å². The van der Waals surface area contributed by atoms with E-state index in [0.29, 0.717) is 23.4 Å². The minimum absolute atomic E-state index is 0.148. The lowest BCUT2D eigenvalue weighted by Crippen LogP contribution is -2.28. The zero-order chi connectivity index (χ0) is 21.8. The van der Waals surface area contributed by atoms with E-state index in [1.54, 1.807) is 25.3 Å². The first-order valence-electron chi connectivity index (χ1n) is 9.60. The summed E-state index contributed by atoms with van der Waals surface area (Å²) in [5, 5.41) is 2.85. The molecule has 0 saturated carbocycles. The van der Waals surface area contributed by atoms with Crippen LogP contribution in [0.3, 0.4) is 0 Å². The molecule has 3 aromatic rings. The van der Waals surface area contributed by atoms with Crippen molar-refractivity contribution >= 4 is 34.8 Å². The second kappa shape index (κ2) is 9.07. The van der Waals surface area contributed by atoms with Crippen molar-refractivity contribution in [2.45, 2.75) is 6.54 Å². The van der Waals surface area contributed by atoms with Gasteiger partial charge in [-0.3, -0.25) is 9.59 Å². The van der Waals surface area contributed by atoms with Crippen molar-refractivity contribution in [2.75, 3.05) is 11.8 Å². The van der Waals surface area contributed by atoms with Gasteiger partial charge in [-0.15, -0.1) is 0 Å². The molecule has 1 atom stereocenters. The Bertz CT molecular complexity index is 1140. The topological polar surface area (TPSA) is 90.5 Å². The lowest BCUT2D eigenvalue weighted by molar-refractivity contribution is 0.0951. The van der Waals surface area contributed by atoms with Gasteiger partial charge in [-0.2, -0.15) is 0 Å². The second-order valence-corrected chi connectivity index (χ2v) is 8.09. The van der Waals surface area contributed by atoms with E-state index in [-0.39, 0.29) is 16.6 Å². The third-order valence-electron chi connectivity index (χ3n) is 4.86. The largest absolute Gasteiger partial charge is 0.588 e. The summed E-state index contributed by atoms with van der Waals surface area (Å²) in [4.78, 5) is 25.8. The van der Waals surface area contributed by atoms with Gasteiger partial charge in [0.15, 0.2) is 0 Å². The predicted octanol–water partition coefficient (Wildman–Crippen LogP) is 3.94. The highest BCUT2D eigenvalue weighted by Crippen LogP contribution is 2.31. The Labute approximate surface area is 183 Å². The fourth-order valence-corrected chi connectivity index (χ4v) is 4.19. The maximum atomic E-state index is 13.0. The first kappa shape index (κ1) is 20.7. The molecule has 7 heteroatoms. The Hall–Kier alpha value is -3.55. The number of ketones is 1. The third-order valence-corrected chi connectivity index (χ3v) is 5.97. The summed E-state index contributed by atoms with van der Waals surface area (Å²) in [6.45, 7) is 0.343. The number of anilines is 1. The number of Topliss-reactive ketones (excluding diaryl/α,β-unsaturated/α-hetero) is 1. The maximum absolute atomic E-state index is 13.0. The molecule has 0 bridgehead atoms. The Morgan fingerprint density at radius 3 is 2.55 bits per heavy atom. The Balaban J connectivity index is 1.53. The number of ether oxygens (including phenoxy) is 1. The van der Waals surface area contributed by atoms with E-state index >= 15 is 0 Å². The van der Waals surface area contributed by atoms with Crippen LogP contribution in [0.15, 0.2) is 77.7 Å².